The fourth-order valence-electron chi connectivity index (χ4n) is 4.40. The third-order valence-corrected chi connectivity index (χ3v) is 7.38. The van der Waals surface area contributed by atoms with Crippen molar-refractivity contribution in [2.24, 2.45) is 0 Å². The van der Waals surface area contributed by atoms with E-state index in [1.165, 1.54) is 17.8 Å². The molecule has 1 aliphatic heterocycles. The van der Waals surface area contributed by atoms with Gasteiger partial charge in [-0.3, -0.25) is 18.8 Å². The Kier molecular flexibility index (Phi) is 6.50. The molecule has 0 unspecified atom stereocenters. The molecule has 1 fully saturated rings. The van der Waals surface area contributed by atoms with Crippen LogP contribution in [0.1, 0.15) is 46.4 Å². The molecule has 2 N–H and O–H groups in total. The van der Waals surface area contributed by atoms with E-state index in [0.29, 0.717) is 24.1 Å². The van der Waals surface area contributed by atoms with Gasteiger partial charge in [-0.15, -0.1) is 0 Å². The van der Waals surface area contributed by atoms with Crippen molar-refractivity contribution in [1.29, 1.82) is 0 Å². The number of carbonyl (C=O) groups excluding carboxylic acids is 3. The zero-order chi connectivity index (χ0) is 24.4. The van der Waals surface area contributed by atoms with Crippen molar-refractivity contribution in [1.82, 2.24) is 24.9 Å². The number of hydrogen-bond donors (Lipinski definition) is 2. The van der Waals surface area contributed by atoms with Crippen molar-refractivity contribution in [2.45, 2.75) is 25.7 Å². The van der Waals surface area contributed by atoms with Gasteiger partial charge < -0.3 is 15.5 Å². The summed E-state index contributed by atoms with van der Waals surface area (Å²) >= 11 is 1.51. The van der Waals surface area contributed by atoms with Crippen LogP contribution >= 0.6 is 11.3 Å². The molecule has 2 aromatic heterocycles. The summed E-state index contributed by atoms with van der Waals surface area (Å²) in [6, 6.07) is 12.9. The number of thiazole rings is 1. The van der Waals surface area contributed by atoms with E-state index in [1.54, 1.807) is 25.2 Å². The molecule has 0 radical (unpaired) electrons. The first-order valence-electron chi connectivity index (χ1n) is 11.8. The Morgan fingerprint density at radius 1 is 0.971 bits per heavy atom. The summed E-state index contributed by atoms with van der Waals surface area (Å²) in [5, 5.41) is 5.49. The number of imidazole rings is 1. The Labute approximate surface area is 207 Å². The van der Waals surface area contributed by atoms with Crippen LogP contribution in [0.25, 0.3) is 26.4 Å². The van der Waals surface area contributed by atoms with Crippen LogP contribution in [0.15, 0.2) is 48.7 Å². The molecule has 0 aliphatic carbocycles. The first-order valence-corrected chi connectivity index (χ1v) is 12.7. The number of likely N-dealkylation sites (tertiary alicyclic amines) is 1. The van der Waals surface area contributed by atoms with E-state index in [9.17, 15) is 14.4 Å². The Hall–Kier alpha value is -3.72. The van der Waals surface area contributed by atoms with E-state index in [4.69, 9.17) is 4.98 Å². The van der Waals surface area contributed by atoms with Crippen molar-refractivity contribution < 1.29 is 14.4 Å². The highest BCUT2D eigenvalue weighted by atomic mass is 32.1. The Bertz CT molecular complexity index is 1400. The van der Waals surface area contributed by atoms with Crippen LogP contribution in [0, 0.1) is 0 Å². The first-order chi connectivity index (χ1) is 17.0. The molecule has 8 nitrogen and oxygen atoms in total. The first kappa shape index (κ1) is 23.0. The van der Waals surface area contributed by atoms with Crippen LogP contribution in [0.4, 0.5) is 0 Å². The topological polar surface area (TPSA) is 95.8 Å². The molecular weight excluding hydrogens is 462 g/mol. The zero-order valence-electron chi connectivity index (χ0n) is 19.5. The van der Waals surface area contributed by atoms with Gasteiger partial charge in [-0.25, -0.2) is 4.98 Å². The van der Waals surface area contributed by atoms with E-state index in [0.717, 1.165) is 52.4 Å². The number of carbonyl (C=O) groups is 3. The van der Waals surface area contributed by atoms with Gasteiger partial charge in [0, 0.05) is 56.0 Å². The van der Waals surface area contributed by atoms with Crippen molar-refractivity contribution in [3.8, 4) is 11.3 Å². The number of amides is 3. The number of fused-ring (bicyclic) bond motifs is 3. The van der Waals surface area contributed by atoms with Crippen LogP contribution in [0.3, 0.4) is 0 Å². The largest absolute Gasteiger partial charge is 0.355 e. The predicted molar refractivity (Wildman–Crippen MR) is 137 cm³/mol. The van der Waals surface area contributed by atoms with E-state index in [1.807, 2.05) is 39.8 Å². The molecule has 5 rings (SSSR count). The van der Waals surface area contributed by atoms with Gasteiger partial charge >= 0.3 is 0 Å². The maximum atomic E-state index is 12.7. The summed E-state index contributed by atoms with van der Waals surface area (Å²) in [4.78, 5) is 44.2. The lowest BCUT2D eigenvalue weighted by atomic mass is 10.1. The molecule has 180 valence electrons. The molecule has 0 atom stereocenters. The fraction of sp³-hybridized carbons (Fsp3) is 0.308. The van der Waals surface area contributed by atoms with Crippen molar-refractivity contribution in [2.75, 3.05) is 26.7 Å². The average Bonchev–Trinajstić information content (AvgIpc) is 3.46. The minimum absolute atomic E-state index is 0.110. The number of piperidine rings is 1. The number of hydrogen-bond acceptors (Lipinski definition) is 5. The number of benzene rings is 2. The molecule has 35 heavy (non-hydrogen) atoms. The SMILES string of the molecule is CNC(=O)c1ccc(-c2cn3c(n2)sc2cc(C(=O)NCCC(=O)N4CCCCC4)ccc23)cc1. The maximum Gasteiger partial charge on any atom is 0.251 e. The molecule has 3 amide bonds. The van der Waals surface area contributed by atoms with Crippen LogP contribution < -0.4 is 10.6 Å². The summed E-state index contributed by atoms with van der Waals surface area (Å²) in [6.45, 7) is 1.99. The molecule has 0 saturated carbocycles. The molecule has 0 bridgehead atoms. The second-order valence-corrected chi connectivity index (χ2v) is 9.68. The number of nitrogens with zero attached hydrogens (tertiary/aromatic N) is 3. The number of aromatic nitrogens is 2. The van der Waals surface area contributed by atoms with E-state index < -0.39 is 0 Å². The molecule has 2 aromatic carbocycles. The summed E-state index contributed by atoms with van der Waals surface area (Å²) in [5.41, 5.74) is 3.89. The Morgan fingerprint density at radius 2 is 1.71 bits per heavy atom. The average molecular weight is 490 g/mol. The standard InChI is InChI=1S/C26H27N5O3S/c1-27-24(33)18-7-5-17(6-8-18)20-16-31-21-10-9-19(15-22(21)35-26(31)29-20)25(34)28-12-11-23(32)30-13-3-2-4-14-30/h5-10,15-16H,2-4,11-14H2,1H3,(H,27,33)(H,28,34). The number of nitrogens with one attached hydrogen (secondary N) is 2. The smallest absolute Gasteiger partial charge is 0.251 e. The Morgan fingerprint density at radius 3 is 2.46 bits per heavy atom. The second kappa shape index (κ2) is 9.87. The minimum Gasteiger partial charge on any atom is -0.355 e. The van der Waals surface area contributed by atoms with Crippen LogP contribution in [0.5, 0.6) is 0 Å². The minimum atomic E-state index is -0.179. The lowest BCUT2D eigenvalue weighted by Crippen LogP contribution is -2.37. The van der Waals surface area contributed by atoms with Gasteiger partial charge in [0.05, 0.1) is 15.9 Å². The molecule has 4 aromatic rings. The van der Waals surface area contributed by atoms with Gasteiger partial charge in [-0.2, -0.15) is 0 Å². The van der Waals surface area contributed by atoms with Gasteiger partial charge in [0.1, 0.15) is 0 Å². The van der Waals surface area contributed by atoms with Crippen molar-refractivity contribution >= 4 is 44.2 Å². The zero-order valence-corrected chi connectivity index (χ0v) is 20.4. The highest BCUT2D eigenvalue weighted by Gasteiger charge is 2.17. The Balaban J connectivity index is 1.26. The second-order valence-electron chi connectivity index (χ2n) is 8.67. The monoisotopic (exact) mass is 489 g/mol. The summed E-state index contributed by atoms with van der Waals surface area (Å²) in [7, 11) is 1.61. The van der Waals surface area contributed by atoms with E-state index in [-0.39, 0.29) is 17.7 Å². The summed E-state index contributed by atoms with van der Waals surface area (Å²) in [5.74, 6) is -0.193. The van der Waals surface area contributed by atoms with E-state index >= 15 is 0 Å². The summed E-state index contributed by atoms with van der Waals surface area (Å²) in [6.07, 6.45) is 5.61. The molecule has 1 aliphatic rings. The van der Waals surface area contributed by atoms with Crippen LogP contribution in [-0.4, -0.2) is 58.7 Å². The van der Waals surface area contributed by atoms with Gasteiger partial charge in [-0.05, 0) is 49.6 Å². The van der Waals surface area contributed by atoms with Gasteiger partial charge in [0.2, 0.25) is 5.91 Å². The van der Waals surface area contributed by atoms with E-state index in [2.05, 4.69) is 10.6 Å². The molecular formula is C26H27N5O3S. The molecule has 1 saturated heterocycles. The van der Waals surface area contributed by atoms with Gasteiger partial charge in [0.15, 0.2) is 4.96 Å². The highest BCUT2D eigenvalue weighted by Crippen LogP contribution is 2.30. The summed E-state index contributed by atoms with van der Waals surface area (Å²) < 4.78 is 2.98. The quantitative estimate of drug-likeness (QED) is 0.432. The molecule has 9 heteroatoms. The van der Waals surface area contributed by atoms with Gasteiger partial charge in [-0.1, -0.05) is 23.5 Å². The maximum absolute atomic E-state index is 12.7. The normalized spacial score (nSPS) is 13.8. The molecule has 3 heterocycles. The fourth-order valence-corrected chi connectivity index (χ4v) is 5.45. The predicted octanol–water partition coefficient (Wildman–Crippen LogP) is 3.71. The van der Waals surface area contributed by atoms with Gasteiger partial charge in [0.25, 0.3) is 11.8 Å². The lowest BCUT2D eigenvalue weighted by Gasteiger charge is -2.26. The number of rotatable bonds is 6. The molecule has 0 spiro atoms. The van der Waals surface area contributed by atoms with Crippen molar-refractivity contribution in [3.05, 3.63) is 59.8 Å². The highest BCUT2D eigenvalue weighted by molar-refractivity contribution is 7.23. The van der Waals surface area contributed by atoms with Crippen molar-refractivity contribution in [3.63, 3.8) is 0 Å². The third-order valence-electron chi connectivity index (χ3n) is 6.36. The third kappa shape index (κ3) is 4.77. The van der Waals surface area contributed by atoms with Crippen LogP contribution in [0.2, 0.25) is 0 Å². The van der Waals surface area contributed by atoms with Crippen LogP contribution in [-0.2, 0) is 4.79 Å². The lowest BCUT2D eigenvalue weighted by molar-refractivity contribution is -0.131.